The van der Waals surface area contributed by atoms with Crippen LogP contribution in [0.3, 0.4) is 0 Å². The highest BCUT2D eigenvalue weighted by molar-refractivity contribution is 9.10. The first-order valence-electron chi connectivity index (χ1n) is 7.89. The largest absolute Gasteiger partial charge is 0.488 e. The molecule has 1 unspecified atom stereocenters. The Bertz CT molecular complexity index is 454. The fraction of sp³-hybridized carbons (Fsp3) is 0.647. The van der Waals surface area contributed by atoms with E-state index >= 15 is 0 Å². The Hall–Kier alpha value is -0.580. The van der Waals surface area contributed by atoms with E-state index in [4.69, 9.17) is 4.74 Å². The summed E-state index contributed by atoms with van der Waals surface area (Å²) in [7, 11) is 0. The van der Waals surface area contributed by atoms with Crippen molar-refractivity contribution in [3.8, 4) is 5.75 Å². The molecular weight excluding hydrogens is 328 g/mol. The van der Waals surface area contributed by atoms with Crippen molar-refractivity contribution in [2.75, 3.05) is 19.6 Å². The molecule has 4 heteroatoms. The minimum Gasteiger partial charge on any atom is -0.488 e. The molecule has 2 rings (SSSR count). The van der Waals surface area contributed by atoms with Gasteiger partial charge in [0.15, 0.2) is 0 Å². The maximum atomic E-state index is 5.97. The van der Waals surface area contributed by atoms with Crippen molar-refractivity contribution in [1.82, 2.24) is 10.2 Å². The molecule has 3 nitrogen and oxygen atoms in total. The number of hydrogen-bond donors (Lipinski definition) is 1. The second-order valence-corrected chi connectivity index (χ2v) is 7.24. The number of ether oxygens (including phenoxy) is 1. The summed E-state index contributed by atoms with van der Waals surface area (Å²) in [5.41, 5.74) is 1.31. The highest BCUT2D eigenvalue weighted by Gasteiger charge is 2.22. The zero-order valence-electron chi connectivity index (χ0n) is 13.5. The van der Waals surface area contributed by atoms with Gasteiger partial charge in [-0.25, -0.2) is 0 Å². The molecule has 0 spiro atoms. The van der Waals surface area contributed by atoms with Crippen LogP contribution in [0, 0.1) is 0 Å². The van der Waals surface area contributed by atoms with Crippen molar-refractivity contribution < 1.29 is 4.74 Å². The average molecular weight is 355 g/mol. The van der Waals surface area contributed by atoms with E-state index < -0.39 is 0 Å². The van der Waals surface area contributed by atoms with Gasteiger partial charge < -0.3 is 10.1 Å². The zero-order valence-corrected chi connectivity index (χ0v) is 15.1. The first-order valence-corrected chi connectivity index (χ1v) is 8.68. The minimum atomic E-state index is 0.265. The molecule has 1 aromatic carbocycles. The van der Waals surface area contributed by atoms with Crippen molar-refractivity contribution in [2.24, 2.45) is 0 Å². The van der Waals surface area contributed by atoms with Gasteiger partial charge in [0.05, 0.1) is 0 Å². The quantitative estimate of drug-likeness (QED) is 0.758. The molecule has 0 saturated carbocycles. The van der Waals surface area contributed by atoms with Crippen molar-refractivity contribution >= 4 is 15.9 Å². The van der Waals surface area contributed by atoms with E-state index in [1.54, 1.807) is 0 Å². The molecule has 0 amide bonds. The molecule has 0 fully saturated rings. The second-order valence-electron chi connectivity index (χ2n) is 6.33. The number of benzene rings is 1. The summed E-state index contributed by atoms with van der Waals surface area (Å²) >= 11 is 3.51. The Morgan fingerprint density at radius 3 is 2.67 bits per heavy atom. The van der Waals surface area contributed by atoms with Gasteiger partial charge in [0.1, 0.15) is 11.9 Å². The predicted octanol–water partition coefficient (Wildman–Crippen LogP) is 3.46. The molecule has 0 radical (unpaired) electrons. The summed E-state index contributed by atoms with van der Waals surface area (Å²) in [6, 6.07) is 7.44. The van der Waals surface area contributed by atoms with Gasteiger partial charge in [-0.15, -0.1) is 0 Å². The van der Waals surface area contributed by atoms with Crippen LogP contribution < -0.4 is 10.1 Å². The summed E-state index contributed by atoms with van der Waals surface area (Å²) in [4.78, 5) is 2.51. The molecule has 1 atom stereocenters. The monoisotopic (exact) mass is 354 g/mol. The fourth-order valence-electron chi connectivity index (χ4n) is 2.99. The molecule has 0 aromatic heterocycles. The van der Waals surface area contributed by atoms with Crippen LogP contribution in [-0.4, -0.2) is 42.7 Å². The van der Waals surface area contributed by atoms with E-state index in [1.165, 1.54) is 5.56 Å². The Kier molecular flexibility index (Phi) is 6.08. The van der Waals surface area contributed by atoms with Gasteiger partial charge in [-0.3, -0.25) is 4.90 Å². The Morgan fingerprint density at radius 2 is 2.00 bits per heavy atom. The van der Waals surface area contributed by atoms with Crippen LogP contribution >= 0.6 is 15.9 Å². The van der Waals surface area contributed by atoms with Crippen LogP contribution in [0.2, 0.25) is 0 Å². The summed E-state index contributed by atoms with van der Waals surface area (Å²) in [5.74, 6) is 1.04. The lowest BCUT2D eigenvalue weighted by Gasteiger charge is -2.30. The number of halogens is 1. The van der Waals surface area contributed by atoms with Crippen LogP contribution in [0.15, 0.2) is 22.7 Å². The molecule has 0 bridgehead atoms. The molecule has 1 aliphatic rings. The van der Waals surface area contributed by atoms with Gasteiger partial charge >= 0.3 is 0 Å². The van der Waals surface area contributed by atoms with Crippen LogP contribution in [0.25, 0.3) is 0 Å². The van der Waals surface area contributed by atoms with Crippen LogP contribution in [-0.2, 0) is 6.42 Å². The highest BCUT2D eigenvalue weighted by atomic mass is 79.9. The molecule has 0 aliphatic carbocycles. The van der Waals surface area contributed by atoms with E-state index in [9.17, 15) is 0 Å². The van der Waals surface area contributed by atoms with E-state index in [1.807, 2.05) is 6.07 Å². The summed E-state index contributed by atoms with van der Waals surface area (Å²) < 4.78 is 7.09. The summed E-state index contributed by atoms with van der Waals surface area (Å²) in [6.45, 7) is 12.0. The van der Waals surface area contributed by atoms with Crippen molar-refractivity contribution in [3.63, 3.8) is 0 Å². The normalized spacial score (nSPS) is 17.6. The Labute approximate surface area is 137 Å². The van der Waals surface area contributed by atoms with Gasteiger partial charge in [-0.2, -0.15) is 0 Å². The number of fused-ring (bicyclic) bond motifs is 1. The Morgan fingerprint density at radius 1 is 1.29 bits per heavy atom. The average Bonchev–Trinajstić information content (AvgIpc) is 2.79. The molecule has 1 aromatic rings. The number of hydrogen-bond acceptors (Lipinski definition) is 3. The third kappa shape index (κ3) is 4.70. The maximum Gasteiger partial charge on any atom is 0.123 e. The molecular formula is C17H27BrN2O. The molecule has 1 heterocycles. The zero-order chi connectivity index (χ0) is 15.4. The van der Waals surface area contributed by atoms with Gasteiger partial charge in [-0.1, -0.05) is 15.9 Å². The first-order chi connectivity index (χ1) is 9.97. The van der Waals surface area contributed by atoms with Crippen molar-refractivity contribution in [2.45, 2.75) is 52.3 Å². The lowest BCUT2D eigenvalue weighted by Crippen LogP contribution is -2.42. The van der Waals surface area contributed by atoms with Crippen molar-refractivity contribution in [1.29, 1.82) is 0 Å². The van der Waals surface area contributed by atoms with E-state index in [0.29, 0.717) is 12.1 Å². The van der Waals surface area contributed by atoms with Crippen LogP contribution in [0.4, 0.5) is 0 Å². The van der Waals surface area contributed by atoms with E-state index in [0.717, 1.165) is 36.3 Å². The standard InChI is InChI=1S/C17H27BrN2O/c1-12(2)20(13(3)4)8-7-19-11-16-10-14-9-15(18)5-6-17(14)21-16/h5-6,9,12-13,16,19H,7-8,10-11H2,1-4H3. The lowest BCUT2D eigenvalue weighted by molar-refractivity contribution is 0.170. The molecule has 0 saturated heterocycles. The highest BCUT2D eigenvalue weighted by Crippen LogP contribution is 2.30. The van der Waals surface area contributed by atoms with Crippen LogP contribution in [0.1, 0.15) is 33.3 Å². The molecule has 1 aliphatic heterocycles. The molecule has 21 heavy (non-hydrogen) atoms. The number of nitrogens with zero attached hydrogens (tertiary/aromatic N) is 1. The molecule has 118 valence electrons. The smallest absolute Gasteiger partial charge is 0.123 e. The first kappa shape index (κ1) is 16.8. The SMILES string of the molecule is CC(C)N(CCNCC1Cc2cc(Br)ccc2O1)C(C)C. The van der Waals surface area contributed by atoms with E-state index in [-0.39, 0.29) is 6.10 Å². The number of rotatable bonds is 7. The van der Waals surface area contributed by atoms with Gasteiger partial charge in [0.25, 0.3) is 0 Å². The minimum absolute atomic E-state index is 0.265. The lowest BCUT2D eigenvalue weighted by atomic mass is 10.1. The summed E-state index contributed by atoms with van der Waals surface area (Å²) in [6.07, 6.45) is 1.26. The van der Waals surface area contributed by atoms with Gasteiger partial charge in [-0.05, 0) is 51.5 Å². The van der Waals surface area contributed by atoms with Crippen molar-refractivity contribution in [3.05, 3.63) is 28.2 Å². The number of nitrogens with one attached hydrogen (secondary N) is 1. The van der Waals surface area contributed by atoms with Gasteiger partial charge in [0, 0.05) is 42.6 Å². The Balaban J connectivity index is 1.71. The maximum absolute atomic E-state index is 5.97. The van der Waals surface area contributed by atoms with Crippen LogP contribution in [0.5, 0.6) is 5.75 Å². The van der Waals surface area contributed by atoms with E-state index in [2.05, 4.69) is 66.0 Å². The third-order valence-electron chi connectivity index (χ3n) is 4.01. The second kappa shape index (κ2) is 7.61. The molecule has 1 N–H and O–H groups in total. The third-order valence-corrected chi connectivity index (χ3v) is 4.50. The predicted molar refractivity (Wildman–Crippen MR) is 92.1 cm³/mol. The topological polar surface area (TPSA) is 24.5 Å². The van der Waals surface area contributed by atoms with Gasteiger partial charge in [0.2, 0.25) is 0 Å². The summed E-state index contributed by atoms with van der Waals surface area (Å²) in [5, 5.41) is 3.54. The fourth-order valence-corrected chi connectivity index (χ4v) is 3.40.